The van der Waals surface area contributed by atoms with E-state index >= 15 is 0 Å². The summed E-state index contributed by atoms with van der Waals surface area (Å²) in [4.78, 5) is 24.6. The highest BCUT2D eigenvalue weighted by Gasteiger charge is 2.15. The number of nitrogens with zero attached hydrogens (tertiary/aromatic N) is 3. The summed E-state index contributed by atoms with van der Waals surface area (Å²) in [6.07, 6.45) is 1.79. The number of ether oxygens (including phenoxy) is 1. The van der Waals surface area contributed by atoms with Gasteiger partial charge in [-0.3, -0.25) is 4.79 Å². The van der Waals surface area contributed by atoms with Gasteiger partial charge < -0.3 is 15.0 Å². The van der Waals surface area contributed by atoms with E-state index in [1.54, 1.807) is 22.9 Å². The van der Waals surface area contributed by atoms with Crippen molar-refractivity contribution in [2.45, 2.75) is 6.54 Å². The average Bonchev–Trinajstić information content (AvgIpc) is 3.39. The number of aromatic nitrogens is 2. The summed E-state index contributed by atoms with van der Waals surface area (Å²) in [5.74, 6) is 0.771. The molecule has 0 aliphatic carbocycles. The number of nitrogens with one attached hydrogen (secondary N) is 1. The maximum Gasteiger partial charge on any atom is 0.271 e. The largest absolute Gasteiger partial charge is 0.378 e. The SMILES string of the molecule is O=C(NCc1cccs1)c1csc(-c2ccnc(N3CCOCC3)c2)n1. The van der Waals surface area contributed by atoms with Gasteiger partial charge in [0.05, 0.1) is 19.8 Å². The zero-order valence-electron chi connectivity index (χ0n) is 14.1. The maximum atomic E-state index is 12.3. The summed E-state index contributed by atoms with van der Waals surface area (Å²) in [6.45, 7) is 3.64. The fourth-order valence-corrected chi connectivity index (χ4v) is 4.14. The van der Waals surface area contributed by atoms with E-state index < -0.39 is 0 Å². The molecule has 1 aliphatic rings. The van der Waals surface area contributed by atoms with E-state index in [1.807, 2.05) is 29.6 Å². The number of anilines is 1. The smallest absolute Gasteiger partial charge is 0.271 e. The lowest BCUT2D eigenvalue weighted by Gasteiger charge is -2.27. The Morgan fingerprint density at radius 3 is 2.96 bits per heavy atom. The quantitative estimate of drug-likeness (QED) is 0.730. The molecule has 1 amide bonds. The van der Waals surface area contributed by atoms with Crippen LogP contribution >= 0.6 is 22.7 Å². The van der Waals surface area contributed by atoms with Crippen LogP contribution in [0.2, 0.25) is 0 Å². The molecule has 134 valence electrons. The second-order valence-corrected chi connectivity index (χ2v) is 7.69. The number of amides is 1. The summed E-state index contributed by atoms with van der Waals surface area (Å²) >= 11 is 3.09. The Kier molecular flexibility index (Phi) is 5.24. The van der Waals surface area contributed by atoms with Gasteiger partial charge in [-0.15, -0.1) is 22.7 Å². The van der Waals surface area contributed by atoms with E-state index in [0.717, 1.165) is 47.6 Å². The van der Waals surface area contributed by atoms with Gasteiger partial charge in [0, 0.05) is 35.1 Å². The molecular weight excluding hydrogens is 368 g/mol. The first-order valence-electron chi connectivity index (χ1n) is 8.35. The minimum atomic E-state index is -0.150. The van der Waals surface area contributed by atoms with Crippen LogP contribution < -0.4 is 10.2 Å². The van der Waals surface area contributed by atoms with Crippen molar-refractivity contribution >= 4 is 34.4 Å². The number of rotatable bonds is 5. The molecule has 3 aromatic rings. The normalized spacial score (nSPS) is 14.4. The number of thiophene rings is 1. The first-order chi connectivity index (χ1) is 12.8. The zero-order valence-corrected chi connectivity index (χ0v) is 15.7. The third kappa shape index (κ3) is 3.92. The Labute approximate surface area is 159 Å². The van der Waals surface area contributed by atoms with Gasteiger partial charge >= 0.3 is 0 Å². The molecule has 0 saturated carbocycles. The van der Waals surface area contributed by atoms with Crippen molar-refractivity contribution < 1.29 is 9.53 Å². The molecule has 0 radical (unpaired) electrons. The number of carbonyl (C=O) groups excluding carboxylic acids is 1. The molecule has 1 aliphatic heterocycles. The van der Waals surface area contributed by atoms with E-state index in [9.17, 15) is 4.79 Å². The third-order valence-corrected chi connectivity index (χ3v) is 5.84. The summed E-state index contributed by atoms with van der Waals surface area (Å²) in [7, 11) is 0. The molecule has 0 atom stereocenters. The van der Waals surface area contributed by atoms with E-state index in [0.29, 0.717) is 12.2 Å². The lowest BCUT2D eigenvalue weighted by Crippen LogP contribution is -2.36. The van der Waals surface area contributed by atoms with Crippen molar-refractivity contribution in [2.24, 2.45) is 0 Å². The monoisotopic (exact) mass is 386 g/mol. The second kappa shape index (κ2) is 7.94. The van der Waals surface area contributed by atoms with Gasteiger partial charge in [-0.25, -0.2) is 9.97 Å². The summed E-state index contributed by atoms with van der Waals surface area (Å²) in [5, 5.41) is 7.53. The number of hydrogen-bond acceptors (Lipinski definition) is 7. The van der Waals surface area contributed by atoms with Crippen LogP contribution in [0.5, 0.6) is 0 Å². The molecule has 0 spiro atoms. The Morgan fingerprint density at radius 2 is 2.15 bits per heavy atom. The number of thiazole rings is 1. The van der Waals surface area contributed by atoms with Crippen LogP contribution in [0, 0.1) is 0 Å². The van der Waals surface area contributed by atoms with Crippen molar-refractivity contribution in [3.63, 3.8) is 0 Å². The van der Waals surface area contributed by atoms with Crippen LogP contribution in [0.3, 0.4) is 0 Å². The van der Waals surface area contributed by atoms with Crippen LogP contribution in [-0.2, 0) is 11.3 Å². The van der Waals surface area contributed by atoms with Crippen molar-refractivity contribution in [2.75, 3.05) is 31.2 Å². The highest BCUT2D eigenvalue weighted by molar-refractivity contribution is 7.13. The zero-order chi connectivity index (χ0) is 17.8. The lowest BCUT2D eigenvalue weighted by molar-refractivity contribution is 0.0947. The molecule has 1 N–H and O–H groups in total. The Morgan fingerprint density at radius 1 is 1.27 bits per heavy atom. The molecule has 4 heterocycles. The van der Waals surface area contributed by atoms with Crippen molar-refractivity contribution in [3.05, 3.63) is 51.8 Å². The van der Waals surface area contributed by atoms with Crippen LogP contribution in [0.15, 0.2) is 41.2 Å². The second-order valence-electron chi connectivity index (χ2n) is 5.80. The fraction of sp³-hybridized carbons (Fsp3) is 0.278. The summed E-state index contributed by atoms with van der Waals surface area (Å²) in [6, 6.07) is 7.93. The first kappa shape index (κ1) is 17.1. The molecule has 8 heteroatoms. The summed E-state index contributed by atoms with van der Waals surface area (Å²) in [5.41, 5.74) is 1.43. The van der Waals surface area contributed by atoms with E-state index in [1.165, 1.54) is 11.3 Å². The standard InChI is InChI=1S/C18H18N4O2S2/c23-17(20-11-14-2-1-9-25-14)15-12-26-18(21-15)13-3-4-19-16(10-13)22-5-7-24-8-6-22/h1-4,9-10,12H,5-8,11H2,(H,20,23). The van der Waals surface area contributed by atoms with Gasteiger partial charge in [-0.1, -0.05) is 6.07 Å². The maximum absolute atomic E-state index is 12.3. The van der Waals surface area contributed by atoms with Gasteiger partial charge in [0.25, 0.3) is 5.91 Å². The van der Waals surface area contributed by atoms with E-state index in [2.05, 4.69) is 20.2 Å². The van der Waals surface area contributed by atoms with E-state index in [-0.39, 0.29) is 5.91 Å². The van der Waals surface area contributed by atoms with Crippen molar-refractivity contribution in [3.8, 4) is 10.6 Å². The van der Waals surface area contributed by atoms with Crippen molar-refractivity contribution in [1.29, 1.82) is 0 Å². The highest BCUT2D eigenvalue weighted by Crippen LogP contribution is 2.26. The van der Waals surface area contributed by atoms with Gasteiger partial charge in [-0.2, -0.15) is 0 Å². The molecule has 4 rings (SSSR count). The van der Waals surface area contributed by atoms with E-state index in [4.69, 9.17) is 4.74 Å². The Balaban J connectivity index is 1.46. The first-order valence-corrected chi connectivity index (χ1v) is 10.1. The molecule has 1 fully saturated rings. The van der Waals surface area contributed by atoms with Crippen LogP contribution in [0.1, 0.15) is 15.4 Å². The van der Waals surface area contributed by atoms with Gasteiger partial charge in [0.1, 0.15) is 16.5 Å². The van der Waals surface area contributed by atoms with Gasteiger partial charge in [0.15, 0.2) is 0 Å². The minimum Gasteiger partial charge on any atom is -0.378 e. The van der Waals surface area contributed by atoms with Crippen molar-refractivity contribution in [1.82, 2.24) is 15.3 Å². The molecule has 3 aromatic heterocycles. The predicted octanol–water partition coefficient (Wildman–Crippen LogP) is 3.03. The number of hydrogen-bond donors (Lipinski definition) is 1. The fourth-order valence-electron chi connectivity index (χ4n) is 2.70. The topological polar surface area (TPSA) is 67.4 Å². The highest BCUT2D eigenvalue weighted by atomic mass is 32.1. The molecular formula is C18H18N4O2S2. The predicted molar refractivity (Wildman–Crippen MR) is 104 cm³/mol. The van der Waals surface area contributed by atoms with Crippen LogP contribution in [0.4, 0.5) is 5.82 Å². The molecule has 0 aromatic carbocycles. The number of pyridine rings is 1. The molecule has 0 unspecified atom stereocenters. The van der Waals surface area contributed by atoms with Gasteiger partial charge in [-0.05, 0) is 23.6 Å². The molecule has 6 nitrogen and oxygen atoms in total. The Hall–Kier alpha value is -2.29. The number of morpholine rings is 1. The molecule has 0 bridgehead atoms. The minimum absolute atomic E-state index is 0.150. The Bertz CT molecular complexity index is 873. The lowest BCUT2D eigenvalue weighted by atomic mass is 10.2. The van der Waals surface area contributed by atoms with Gasteiger partial charge in [0.2, 0.25) is 0 Å². The molecule has 26 heavy (non-hydrogen) atoms. The molecule has 1 saturated heterocycles. The third-order valence-electron chi connectivity index (χ3n) is 4.07. The summed E-state index contributed by atoms with van der Waals surface area (Å²) < 4.78 is 5.39. The van der Waals surface area contributed by atoms with Crippen LogP contribution in [0.25, 0.3) is 10.6 Å². The number of carbonyl (C=O) groups is 1. The van der Waals surface area contributed by atoms with Crippen LogP contribution in [-0.4, -0.2) is 42.2 Å². The average molecular weight is 387 g/mol.